The fourth-order valence-electron chi connectivity index (χ4n) is 3.43. The molecule has 160 valence electrons. The summed E-state index contributed by atoms with van der Waals surface area (Å²) in [6, 6.07) is 5.79. The maximum atomic E-state index is 12.7. The summed E-state index contributed by atoms with van der Waals surface area (Å²) in [5.74, 6) is -0.812. The smallest absolute Gasteiger partial charge is 0.303 e. The predicted molar refractivity (Wildman–Crippen MR) is 114 cm³/mol. The van der Waals surface area contributed by atoms with Crippen molar-refractivity contribution in [3.63, 3.8) is 0 Å². The lowest BCUT2D eigenvalue weighted by molar-refractivity contribution is -0.137. The number of hydrogen-bond acceptors (Lipinski definition) is 4. The van der Waals surface area contributed by atoms with E-state index >= 15 is 0 Å². The van der Waals surface area contributed by atoms with Gasteiger partial charge in [-0.15, -0.1) is 0 Å². The van der Waals surface area contributed by atoms with E-state index < -0.39 is 5.97 Å². The van der Waals surface area contributed by atoms with E-state index in [-0.39, 0.29) is 12.3 Å². The number of aromatic nitrogens is 2. The summed E-state index contributed by atoms with van der Waals surface area (Å²) in [7, 11) is 3.96. The molecule has 2 aromatic rings. The Morgan fingerprint density at radius 1 is 1.03 bits per heavy atom. The van der Waals surface area contributed by atoms with Gasteiger partial charge in [0.25, 0.3) is 5.91 Å². The molecular weight excluding hydrogens is 368 g/mol. The Labute approximate surface area is 173 Å². The maximum Gasteiger partial charge on any atom is 0.303 e. The minimum absolute atomic E-state index is 0.107. The molecule has 0 aliphatic rings. The molecule has 0 fully saturated rings. The van der Waals surface area contributed by atoms with E-state index in [1.54, 1.807) is 0 Å². The van der Waals surface area contributed by atoms with Gasteiger partial charge in [-0.1, -0.05) is 44.6 Å². The Kier molecular flexibility index (Phi) is 9.64. The van der Waals surface area contributed by atoms with Crippen LogP contribution in [-0.4, -0.2) is 51.9 Å². The molecule has 7 nitrogen and oxygen atoms in total. The first kappa shape index (κ1) is 22.9. The number of amides is 1. The number of aliphatic carboxylic acids is 1. The average molecular weight is 403 g/mol. The molecule has 0 aliphatic heterocycles. The van der Waals surface area contributed by atoms with Gasteiger partial charge in [0.15, 0.2) is 5.69 Å². The molecule has 0 atom stereocenters. The van der Waals surface area contributed by atoms with E-state index in [4.69, 9.17) is 5.11 Å². The van der Waals surface area contributed by atoms with Gasteiger partial charge in [0.2, 0.25) is 0 Å². The molecule has 0 unspecified atom stereocenters. The molecule has 2 heterocycles. The Morgan fingerprint density at radius 2 is 1.69 bits per heavy atom. The number of pyridine rings is 1. The van der Waals surface area contributed by atoms with Gasteiger partial charge in [0, 0.05) is 25.7 Å². The summed E-state index contributed by atoms with van der Waals surface area (Å²) >= 11 is 0. The van der Waals surface area contributed by atoms with Gasteiger partial charge < -0.3 is 19.7 Å². The second-order valence-corrected chi connectivity index (χ2v) is 7.80. The molecule has 0 aromatic carbocycles. The molecule has 0 aliphatic carbocycles. The number of fused-ring (bicyclic) bond motifs is 1. The topological polar surface area (TPSA) is 86.9 Å². The third kappa shape index (κ3) is 7.85. The van der Waals surface area contributed by atoms with Crippen LogP contribution in [0, 0.1) is 0 Å². The van der Waals surface area contributed by atoms with E-state index in [0.717, 1.165) is 56.3 Å². The minimum Gasteiger partial charge on any atom is -0.481 e. The zero-order valence-electron chi connectivity index (χ0n) is 17.7. The van der Waals surface area contributed by atoms with Crippen molar-refractivity contribution in [2.24, 2.45) is 0 Å². The van der Waals surface area contributed by atoms with Crippen molar-refractivity contribution in [1.29, 1.82) is 0 Å². The molecule has 0 spiro atoms. The number of rotatable bonds is 14. The van der Waals surface area contributed by atoms with E-state index in [0.29, 0.717) is 18.8 Å². The average Bonchev–Trinajstić information content (AvgIpc) is 3.04. The zero-order chi connectivity index (χ0) is 21.1. The van der Waals surface area contributed by atoms with E-state index in [9.17, 15) is 9.59 Å². The molecular formula is C22H34N4O3. The maximum absolute atomic E-state index is 12.7. The second kappa shape index (κ2) is 12.2. The fraction of sp³-hybridized carbons (Fsp3) is 0.591. The summed E-state index contributed by atoms with van der Waals surface area (Å²) in [6.45, 7) is 1.31. The first-order chi connectivity index (χ1) is 14.0. The van der Waals surface area contributed by atoms with Crippen LogP contribution in [0.5, 0.6) is 0 Å². The number of imidazole rings is 1. The lowest BCUT2D eigenvalue weighted by Gasteiger charge is -2.11. The van der Waals surface area contributed by atoms with Gasteiger partial charge in [-0.2, -0.15) is 0 Å². The molecule has 1 amide bonds. The summed E-state index contributed by atoms with van der Waals surface area (Å²) in [5.41, 5.74) is 2.20. The third-order valence-electron chi connectivity index (χ3n) is 4.91. The molecule has 0 radical (unpaired) electrons. The van der Waals surface area contributed by atoms with Crippen LogP contribution in [0.15, 0.2) is 24.4 Å². The number of carbonyl (C=O) groups is 2. The molecule has 0 saturated heterocycles. The number of carboxylic acid groups (broad SMARTS) is 1. The van der Waals surface area contributed by atoms with Gasteiger partial charge in [-0.3, -0.25) is 9.59 Å². The number of hydrogen-bond donors (Lipinski definition) is 2. The van der Waals surface area contributed by atoms with Crippen molar-refractivity contribution in [1.82, 2.24) is 19.6 Å². The SMILES string of the molecule is CN(C)Cc1c(C(=O)NCCCCCCCCCCC(=O)O)nc2ccccn12. The Balaban J connectivity index is 1.67. The molecule has 7 heteroatoms. The lowest BCUT2D eigenvalue weighted by Crippen LogP contribution is -2.27. The second-order valence-electron chi connectivity index (χ2n) is 7.80. The molecule has 2 aromatic heterocycles. The quantitative estimate of drug-likeness (QED) is 0.470. The Morgan fingerprint density at radius 3 is 2.34 bits per heavy atom. The van der Waals surface area contributed by atoms with Crippen LogP contribution in [0.25, 0.3) is 5.65 Å². The number of nitrogens with one attached hydrogen (secondary N) is 1. The van der Waals surface area contributed by atoms with Crippen molar-refractivity contribution < 1.29 is 14.7 Å². The molecule has 2 N–H and O–H groups in total. The van der Waals surface area contributed by atoms with Gasteiger partial charge >= 0.3 is 5.97 Å². The number of unbranched alkanes of at least 4 members (excludes halogenated alkanes) is 7. The van der Waals surface area contributed by atoms with Crippen LogP contribution < -0.4 is 5.32 Å². The summed E-state index contributed by atoms with van der Waals surface area (Å²) < 4.78 is 1.98. The van der Waals surface area contributed by atoms with Crippen molar-refractivity contribution >= 4 is 17.5 Å². The monoisotopic (exact) mass is 402 g/mol. The van der Waals surface area contributed by atoms with Crippen molar-refractivity contribution in [3.8, 4) is 0 Å². The van der Waals surface area contributed by atoms with E-state index in [2.05, 4.69) is 10.3 Å². The van der Waals surface area contributed by atoms with E-state index in [1.165, 1.54) is 6.42 Å². The fourth-order valence-corrected chi connectivity index (χ4v) is 3.43. The van der Waals surface area contributed by atoms with Crippen molar-refractivity contribution in [2.45, 2.75) is 64.3 Å². The minimum atomic E-state index is -0.704. The van der Waals surface area contributed by atoms with Gasteiger partial charge in [0.05, 0.1) is 5.69 Å². The van der Waals surface area contributed by atoms with Gasteiger partial charge in [-0.05, 0) is 39.1 Å². The highest BCUT2D eigenvalue weighted by Gasteiger charge is 2.18. The normalized spacial score (nSPS) is 11.3. The summed E-state index contributed by atoms with van der Waals surface area (Å²) in [4.78, 5) is 29.7. The Hall–Kier alpha value is -2.41. The van der Waals surface area contributed by atoms with Crippen LogP contribution in [0.4, 0.5) is 0 Å². The number of carboxylic acids is 1. The molecule has 0 saturated carbocycles. The summed E-state index contributed by atoms with van der Waals surface area (Å²) in [5, 5.41) is 11.6. The van der Waals surface area contributed by atoms with Crippen molar-refractivity contribution in [3.05, 3.63) is 35.8 Å². The molecule has 29 heavy (non-hydrogen) atoms. The first-order valence-corrected chi connectivity index (χ1v) is 10.6. The van der Waals surface area contributed by atoms with Gasteiger partial charge in [0.1, 0.15) is 5.65 Å². The van der Waals surface area contributed by atoms with Crippen LogP contribution >= 0.6 is 0 Å². The highest BCUT2D eigenvalue weighted by Crippen LogP contribution is 2.14. The number of nitrogens with zero attached hydrogens (tertiary/aromatic N) is 3. The molecule has 0 bridgehead atoms. The van der Waals surface area contributed by atoms with E-state index in [1.807, 2.05) is 47.8 Å². The highest BCUT2D eigenvalue weighted by molar-refractivity contribution is 5.94. The molecule has 2 rings (SSSR count). The first-order valence-electron chi connectivity index (χ1n) is 10.6. The summed E-state index contributed by atoms with van der Waals surface area (Å²) in [6.07, 6.45) is 10.6. The predicted octanol–water partition coefficient (Wildman–Crippen LogP) is 3.72. The standard InChI is InChI=1S/C22H34N4O3/c1-25(2)17-18-21(24-19-13-10-12-16-26(18)19)22(29)23-15-11-8-6-4-3-5-7-9-14-20(27)28/h10,12-13,16H,3-9,11,14-15,17H2,1-2H3,(H,23,29)(H,27,28). The Bertz CT molecular complexity index is 785. The van der Waals surface area contributed by atoms with Gasteiger partial charge in [-0.25, -0.2) is 4.98 Å². The lowest BCUT2D eigenvalue weighted by atomic mass is 10.1. The third-order valence-corrected chi connectivity index (χ3v) is 4.91. The zero-order valence-corrected chi connectivity index (χ0v) is 17.7. The van der Waals surface area contributed by atoms with Crippen LogP contribution in [0.3, 0.4) is 0 Å². The number of carbonyl (C=O) groups excluding carboxylic acids is 1. The van der Waals surface area contributed by atoms with Crippen LogP contribution in [0.2, 0.25) is 0 Å². The van der Waals surface area contributed by atoms with Crippen LogP contribution in [0.1, 0.15) is 74.0 Å². The van der Waals surface area contributed by atoms with Crippen LogP contribution in [-0.2, 0) is 11.3 Å². The highest BCUT2D eigenvalue weighted by atomic mass is 16.4. The largest absolute Gasteiger partial charge is 0.481 e. The van der Waals surface area contributed by atoms with Crippen molar-refractivity contribution in [2.75, 3.05) is 20.6 Å².